The predicted molar refractivity (Wildman–Crippen MR) is 71.5 cm³/mol. The Balaban J connectivity index is 3.19. The number of anilines is 1. The average Bonchev–Trinajstić information content (AvgIpc) is 2.31. The Labute approximate surface area is 108 Å². The van der Waals surface area contributed by atoms with Gasteiger partial charge in [0.15, 0.2) is 0 Å². The molecule has 0 radical (unpaired) electrons. The van der Waals surface area contributed by atoms with E-state index in [4.69, 9.17) is 10.5 Å². The van der Waals surface area contributed by atoms with E-state index in [-0.39, 0.29) is 11.4 Å². The molecule has 0 heterocycles. The molecule has 92 valence electrons. The molecule has 0 atom stereocenters. The van der Waals surface area contributed by atoms with Crippen molar-refractivity contribution in [3.05, 3.63) is 33.9 Å². The van der Waals surface area contributed by atoms with E-state index in [1.54, 1.807) is 12.1 Å². The third kappa shape index (κ3) is 3.45. The smallest absolute Gasteiger partial charge is 0.296 e. The van der Waals surface area contributed by atoms with Crippen LogP contribution in [0.15, 0.2) is 18.2 Å². The molecule has 1 aromatic rings. The molecular formula is C11H13BrN2O3. The van der Waals surface area contributed by atoms with Crippen molar-refractivity contribution in [1.82, 2.24) is 0 Å². The quantitative estimate of drug-likeness (QED) is 0.392. The Morgan fingerprint density at radius 2 is 2.29 bits per heavy atom. The maximum atomic E-state index is 10.8. The lowest BCUT2D eigenvalue weighted by Gasteiger charge is -2.05. The molecule has 0 bridgehead atoms. The van der Waals surface area contributed by atoms with E-state index in [1.165, 1.54) is 13.2 Å². The first kappa shape index (κ1) is 13.5. The van der Waals surface area contributed by atoms with Crippen LogP contribution < -0.4 is 10.5 Å². The average molecular weight is 301 g/mol. The highest BCUT2D eigenvalue weighted by Crippen LogP contribution is 2.31. The first-order valence-electron chi connectivity index (χ1n) is 4.94. The van der Waals surface area contributed by atoms with E-state index < -0.39 is 4.92 Å². The van der Waals surface area contributed by atoms with Crippen molar-refractivity contribution in [2.75, 3.05) is 18.2 Å². The second-order valence-electron chi connectivity index (χ2n) is 3.29. The zero-order valence-electron chi connectivity index (χ0n) is 9.35. The number of halogens is 1. The number of hydrogen-bond acceptors (Lipinski definition) is 4. The molecule has 0 amide bonds. The Morgan fingerprint density at radius 1 is 1.59 bits per heavy atom. The van der Waals surface area contributed by atoms with Crippen molar-refractivity contribution < 1.29 is 9.66 Å². The van der Waals surface area contributed by atoms with Crippen LogP contribution >= 0.6 is 15.9 Å². The number of nitro groups is 1. The van der Waals surface area contributed by atoms with Gasteiger partial charge in [0.1, 0.15) is 11.4 Å². The van der Waals surface area contributed by atoms with Gasteiger partial charge in [-0.1, -0.05) is 28.1 Å². The van der Waals surface area contributed by atoms with Crippen LogP contribution in [0.5, 0.6) is 5.75 Å². The first-order chi connectivity index (χ1) is 8.10. The molecule has 2 N–H and O–H groups in total. The van der Waals surface area contributed by atoms with Crippen molar-refractivity contribution in [1.29, 1.82) is 0 Å². The molecule has 1 rings (SSSR count). The standard InChI is InChI=1S/C11H13BrN2O3/c1-17-9-6-8(4-2-3-5-12)11(13)10(7-9)14(15)16/h2,4,6-7H,3,5,13H2,1H3. The van der Waals surface area contributed by atoms with Crippen LogP contribution in [0.25, 0.3) is 6.08 Å². The van der Waals surface area contributed by atoms with Crippen LogP contribution in [0.4, 0.5) is 11.4 Å². The first-order valence-corrected chi connectivity index (χ1v) is 6.06. The highest BCUT2D eigenvalue weighted by molar-refractivity contribution is 9.09. The van der Waals surface area contributed by atoms with E-state index >= 15 is 0 Å². The van der Waals surface area contributed by atoms with E-state index in [1.807, 2.05) is 6.08 Å². The van der Waals surface area contributed by atoms with E-state index in [9.17, 15) is 10.1 Å². The van der Waals surface area contributed by atoms with E-state index in [0.717, 1.165) is 11.8 Å². The lowest BCUT2D eigenvalue weighted by Crippen LogP contribution is -1.99. The van der Waals surface area contributed by atoms with Crippen LogP contribution in [0.1, 0.15) is 12.0 Å². The molecule has 0 unspecified atom stereocenters. The van der Waals surface area contributed by atoms with Crippen LogP contribution in [-0.4, -0.2) is 17.4 Å². The summed E-state index contributed by atoms with van der Waals surface area (Å²) in [5.41, 5.74) is 6.34. The summed E-state index contributed by atoms with van der Waals surface area (Å²) in [6.45, 7) is 0. The molecule has 0 aliphatic rings. The number of rotatable bonds is 5. The molecular weight excluding hydrogens is 288 g/mol. The fourth-order valence-corrected chi connectivity index (χ4v) is 1.58. The fraction of sp³-hybridized carbons (Fsp3) is 0.273. The number of allylic oxidation sites excluding steroid dienone is 1. The van der Waals surface area contributed by atoms with Crippen LogP contribution in [0.2, 0.25) is 0 Å². The third-order valence-corrected chi connectivity index (χ3v) is 2.63. The van der Waals surface area contributed by atoms with Crippen molar-refractivity contribution in [3.63, 3.8) is 0 Å². The second-order valence-corrected chi connectivity index (χ2v) is 4.08. The molecule has 0 saturated heterocycles. The van der Waals surface area contributed by atoms with Crippen molar-refractivity contribution in [2.24, 2.45) is 0 Å². The van der Waals surface area contributed by atoms with E-state index in [0.29, 0.717) is 11.3 Å². The summed E-state index contributed by atoms with van der Waals surface area (Å²) in [7, 11) is 1.46. The summed E-state index contributed by atoms with van der Waals surface area (Å²) in [4.78, 5) is 10.3. The van der Waals surface area contributed by atoms with Gasteiger partial charge in [0, 0.05) is 10.9 Å². The molecule has 1 aromatic carbocycles. The van der Waals surface area contributed by atoms with Crippen LogP contribution in [-0.2, 0) is 0 Å². The Bertz CT molecular complexity index is 447. The van der Waals surface area contributed by atoms with Gasteiger partial charge in [-0.3, -0.25) is 10.1 Å². The second kappa shape index (κ2) is 6.24. The van der Waals surface area contributed by atoms with Gasteiger partial charge in [-0.05, 0) is 12.5 Å². The van der Waals surface area contributed by atoms with Gasteiger partial charge in [-0.2, -0.15) is 0 Å². The Morgan fingerprint density at radius 3 is 2.82 bits per heavy atom. The third-order valence-electron chi connectivity index (χ3n) is 2.17. The fourth-order valence-electron chi connectivity index (χ4n) is 1.31. The normalized spacial score (nSPS) is 10.7. The van der Waals surface area contributed by atoms with Gasteiger partial charge >= 0.3 is 0 Å². The minimum absolute atomic E-state index is 0.136. The molecule has 0 aliphatic carbocycles. The number of alkyl halides is 1. The minimum Gasteiger partial charge on any atom is -0.496 e. The Kier molecular flexibility index (Phi) is 4.96. The summed E-state index contributed by atoms with van der Waals surface area (Å²) < 4.78 is 5.00. The maximum absolute atomic E-state index is 10.8. The van der Waals surface area contributed by atoms with Gasteiger partial charge in [-0.15, -0.1) is 0 Å². The van der Waals surface area contributed by atoms with Crippen molar-refractivity contribution in [2.45, 2.75) is 6.42 Å². The molecule has 0 fully saturated rings. The number of benzene rings is 1. The summed E-state index contributed by atoms with van der Waals surface area (Å²) in [6.07, 6.45) is 4.47. The number of ether oxygens (including phenoxy) is 1. The predicted octanol–water partition coefficient (Wildman–Crippen LogP) is 2.98. The maximum Gasteiger partial charge on any atom is 0.296 e. The molecule has 0 aromatic heterocycles. The zero-order valence-corrected chi connectivity index (χ0v) is 10.9. The van der Waals surface area contributed by atoms with Gasteiger partial charge in [-0.25, -0.2) is 0 Å². The summed E-state index contributed by atoms with van der Waals surface area (Å²) >= 11 is 3.29. The SMILES string of the molecule is COc1cc(C=CCCBr)c(N)c([N+](=O)[O-])c1. The van der Waals surface area contributed by atoms with Gasteiger partial charge in [0.2, 0.25) is 0 Å². The van der Waals surface area contributed by atoms with Crippen LogP contribution in [0, 0.1) is 10.1 Å². The lowest BCUT2D eigenvalue weighted by molar-refractivity contribution is -0.384. The largest absolute Gasteiger partial charge is 0.496 e. The van der Waals surface area contributed by atoms with Crippen molar-refractivity contribution in [3.8, 4) is 5.75 Å². The highest BCUT2D eigenvalue weighted by Gasteiger charge is 2.16. The molecule has 0 aliphatic heterocycles. The number of hydrogen-bond donors (Lipinski definition) is 1. The van der Waals surface area contributed by atoms with Crippen LogP contribution in [0.3, 0.4) is 0 Å². The molecule has 6 heteroatoms. The number of nitrogens with zero attached hydrogens (tertiary/aromatic N) is 1. The van der Waals surface area contributed by atoms with Gasteiger partial charge in [0.25, 0.3) is 5.69 Å². The lowest BCUT2D eigenvalue weighted by atomic mass is 10.1. The summed E-state index contributed by atoms with van der Waals surface area (Å²) in [6, 6.07) is 2.99. The topological polar surface area (TPSA) is 78.4 Å². The van der Waals surface area contributed by atoms with E-state index in [2.05, 4.69) is 15.9 Å². The van der Waals surface area contributed by atoms with Gasteiger partial charge < -0.3 is 10.5 Å². The molecule has 0 saturated carbocycles. The number of nitro benzene ring substituents is 1. The Hall–Kier alpha value is -1.56. The summed E-state index contributed by atoms with van der Waals surface area (Å²) in [5, 5.41) is 11.6. The molecule has 0 spiro atoms. The number of nitrogen functional groups attached to an aromatic ring is 1. The number of nitrogens with two attached hydrogens (primary N) is 1. The number of methoxy groups -OCH3 is 1. The minimum atomic E-state index is -0.514. The van der Waals surface area contributed by atoms with Crippen molar-refractivity contribution >= 4 is 33.4 Å². The zero-order chi connectivity index (χ0) is 12.8. The summed E-state index contributed by atoms with van der Waals surface area (Å²) in [5.74, 6) is 0.421. The van der Waals surface area contributed by atoms with Gasteiger partial charge in [0.05, 0.1) is 18.1 Å². The molecule has 5 nitrogen and oxygen atoms in total. The highest BCUT2D eigenvalue weighted by atomic mass is 79.9. The monoisotopic (exact) mass is 300 g/mol. The molecule has 17 heavy (non-hydrogen) atoms.